The van der Waals surface area contributed by atoms with E-state index in [0.29, 0.717) is 11.9 Å². The maximum absolute atomic E-state index is 5.59. The molecule has 0 bridgehead atoms. The summed E-state index contributed by atoms with van der Waals surface area (Å²) in [6.07, 6.45) is 9.96. The summed E-state index contributed by atoms with van der Waals surface area (Å²) in [5.41, 5.74) is 6.69. The molecule has 2 N–H and O–H groups in total. The lowest BCUT2D eigenvalue weighted by molar-refractivity contribution is 0.193. The van der Waals surface area contributed by atoms with Crippen molar-refractivity contribution in [1.82, 2.24) is 34.5 Å². The fourth-order valence-electron chi connectivity index (χ4n) is 4.30. The summed E-state index contributed by atoms with van der Waals surface area (Å²) < 4.78 is 2.23. The summed E-state index contributed by atoms with van der Waals surface area (Å²) in [5, 5.41) is 9.10. The number of nitrogens with zero attached hydrogens (tertiary/aromatic N) is 7. The van der Waals surface area contributed by atoms with Gasteiger partial charge in [-0.05, 0) is 45.3 Å². The van der Waals surface area contributed by atoms with Crippen LogP contribution in [0.1, 0.15) is 55.2 Å². The van der Waals surface area contributed by atoms with Gasteiger partial charge in [0.1, 0.15) is 11.6 Å². The standard InChI is InChI=1S/C19H30N8/c1-25-17(14-26-7-3-2-4-8-26)23-24-18(25)16-6-5-9-27(13-16)12-15-10-21-19(20)22-11-15/h10-11,16H,2-9,12-14H2,1H3,(H2,20,21,22)/t16-/m0/s1. The summed E-state index contributed by atoms with van der Waals surface area (Å²) in [5.74, 6) is 2.98. The molecule has 2 saturated heterocycles. The molecule has 0 aliphatic carbocycles. The maximum Gasteiger partial charge on any atom is 0.219 e. The van der Waals surface area contributed by atoms with E-state index in [4.69, 9.17) is 5.73 Å². The van der Waals surface area contributed by atoms with E-state index < -0.39 is 0 Å². The van der Waals surface area contributed by atoms with E-state index in [1.54, 1.807) is 0 Å². The number of nitrogens with two attached hydrogens (primary N) is 1. The van der Waals surface area contributed by atoms with Gasteiger partial charge >= 0.3 is 0 Å². The minimum atomic E-state index is 0.329. The van der Waals surface area contributed by atoms with Crippen molar-refractivity contribution in [3.05, 3.63) is 29.6 Å². The van der Waals surface area contributed by atoms with Crippen LogP contribution in [0.15, 0.2) is 12.4 Å². The van der Waals surface area contributed by atoms with Gasteiger partial charge in [-0.3, -0.25) is 9.80 Å². The first-order valence-electron chi connectivity index (χ1n) is 10.1. The normalized spacial score (nSPS) is 22.2. The van der Waals surface area contributed by atoms with Crippen molar-refractivity contribution in [2.45, 2.75) is 51.1 Å². The Bertz CT molecular complexity index is 735. The van der Waals surface area contributed by atoms with Crippen LogP contribution in [0.4, 0.5) is 5.95 Å². The van der Waals surface area contributed by atoms with Crippen LogP contribution in [-0.2, 0) is 20.1 Å². The van der Waals surface area contributed by atoms with Crippen LogP contribution in [0.3, 0.4) is 0 Å². The Labute approximate surface area is 160 Å². The van der Waals surface area contributed by atoms with Gasteiger partial charge in [-0.15, -0.1) is 10.2 Å². The molecule has 2 aromatic heterocycles. The Morgan fingerprint density at radius 3 is 2.48 bits per heavy atom. The second-order valence-corrected chi connectivity index (χ2v) is 7.89. The van der Waals surface area contributed by atoms with Gasteiger partial charge in [0.2, 0.25) is 5.95 Å². The minimum Gasteiger partial charge on any atom is -0.368 e. The quantitative estimate of drug-likeness (QED) is 0.854. The van der Waals surface area contributed by atoms with Crippen molar-refractivity contribution < 1.29 is 0 Å². The van der Waals surface area contributed by atoms with Crippen molar-refractivity contribution in [3.8, 4) is 0 Å². The van der Waals surface area contributed by atoms with Gasteiger partial charge in [-0.1, -0.05) is 6.42 Å². The van der Waals surface area contributed by atoms with E-state index >= 15 is 0 Å². The molecular formula is C19H30N8. The third-order valence-electron chi connectivity index (χ3n) is 5.81. The number of piperidine rings is 2. The van der Waals surface area contributed by atoms with E-state index in [1.165, 1.54) is 45.2 Å². The lowest BCUT2D eigenvalue weighted by Crippen LogP contribution is -2.35. The molecule has 2 fully saturated rings. The summed E-state index contributed by atoms with van der Waals surface area (Å²) in [6.45, 7) is 6.24. The number of aromatic nitrogens is 5. The predicted octanol–water partition coefficient (Wildman–Crippen LogP) is 1.55. The number of hydrogen-bond donors (Lipinski definition) is 1. The maximum atomic E-state index is 5.59. The number of hydrogen-bond acceptors (Lipinski definition) is 7. The Kier molecular flexibility index (Phi) is 5.63. The average Bonchev–Trinajstić information content (AvgIpc) is 3.05. The van der Waals surface area contributed by atoms with Crippen molar-refractivity contribution in [2.24, 2.45) is 7.05 Å². The SMILES string of the molecule is Cn1c(CN2CCCCC2)nnc1[C@H]1CCCN(Cc2cnc(N)nc2)C1. The number of nitrogen functional groups attached to an aromatic ring is 1. The highest BCUT2D eigenvalue weighted by Gasteiger charge is 2.26. The molecule has 2 aliphatic rings. The molecule has 27 heavy (non-hydrogen) atoms. The molecule has 1 atom stereocenters. The fraction of sp³-hybridized carbons (Fsp3) is 0.684. The van der Waals surface area contributed by atoms with Gasteiger partial charge in [0.15, 0.2) is 0 Å². The van der Waals surface area contributed by atoms with Crippen LogP contribution >= 0.6 is 0 Å². The largest absolute Gasteiger partial charge is 0.368 e. The Morgan fingerprint density at radius 2 is 1.70 bits per heavy atom. The molecule has 2 aromatic rings. The molecule has 4 rings (SSSR count). The molecular weight excluding hydrogens is 340 g/mol. The van der Waals surface area contributed by atoms with E-state index in [0.717, 1.165) is 43.4 Å². The first-order valence-corrected chi connectivity index (χ1v) is 10.1. The zero-order chi connectivity index (χ0) is 18.6. The molecule has 146 valence electrons. The molecule has 8 heteroatoms. The molecule has 0 unspecified atom stereocenters. The van der Waals surface area contributed by atoms with Gasteiger partial charge in [0, 0.05) is 44.0 Å². The molecule has 0 aromatic carbocycles. The third kappa shape index (κ3) is 4.44. The lowest BCUT2D eigenvalue weighted by Gasteiger charge is -2.32. The minimum absolute atomic E-state index is 0.329. The van der Waals surface area contributed by atoms with Crippen molar-refractivity contribution in [3.63, 3.8) is 0 Å². The topological polar surface area (TPSA) is 89.0 Å². The van der Waals surface area contributed by atoms with E-state index in [2.05, 4.69) is 41.6 Å². The molecule has 0 saturated carbocycles. The number of rotatable bonds is 5. The Balaban J connectivity index is 1.39. The van der Waals surface area contributed by atoms with Crippen molar-refractivity contribution in [2.75, 3.05) is 31.9 Å². The highest BCUT2D eigenvalue weighted by molar-refractivity contribution is 5.17. The number of likely N-dealkylation sites (tertiary alicyclic amines) is 2. The van der Waals surface area contributed by atoms with Crippen LogP contribution in [0.25, 0.3) is 0 Å². The number of anilines is 1. The molecule has 8 nitrogen and oxygen atoms in total. The monoisotopic (exact) mass is 370 g/mol. The van der Waals surface area contributed by atoms with E-state index in [9.17, 15) is 0 Å². The molecule has 0 radical (unpaired) electrons. The van der Waals surface area contributed by atoms with Gasteiger partial charge in [0.05, 0.1) is 6.54 Å². The predicted molar refractivity (Wildman–Crippen MR) is 104 cm³/mol. The third-order valence-corrected chi connectivity index (χ3v) is 5.81. The smallest absolute Gasteiger partial charge is 0.219 e. The molecule has 0 amide bonds. The van der Waals surface area contributed by atoms with Gasteiger partial charge in [0.25, 0.3) is 0 Å². The first kappa shape index (κ1) is 18.3. The highest BCUT2D eigenvalue weighted by atomic mass is 15.3. The van der Waals surface area contributed by atoms with Crippen LogP contribution in [-0.4, -0.2) is 60.7 Å². The molecule has 4 heterocycles. The zero-order valence-electron chi connectivity index (χ0n) is 16.2. The Morgan fingerprint density at radius 1 is 0.963 bits per heavy atom. The van der Waals surface area contributed by atoms with Gasteiger partial charge in [-0.2, -0.15) is 0 Å². The van der Waals surface area contributed by atoms with Gasteiger partial charge < -0.3 is 10.3 Å². The van der Waals surface area contributed by atoms with Crippen LogP contribution in [0.2, 0.25) is 0 Å². The zero-order valence-corrected chi connectivity index (χ0v) is 16.2. The van der Waals surface area contributed by atoms with Gasteiger partial charge in [-0.25, -0.2) is 9.97 Å². The molecule has 2 aliphatic heterocycles. The van der Waals surface area contributed by atoms with Crippen LogP contribution < -0.4 is 5.73 Å². The Hall–Kier alpha value is -2.06. The summed E-state index contributed by atoms with van der Waals surface area (Å²) in [4.78, 5) is 13.2. The average molecular weight is 371 g/mol. The van der Waals surface area contributed by atoms with Crippen LogP contribution in [0, 0.1) is 0 Å². The van der Waals surface area contributed by atoms with Crippen LogP contribution in [0.5, 0.6) is 0 Å². The summed E-state index contributed by atoms with van der Waals surface area (Å²) >= 11 is 0. The first-order chi connectivity index (χ1) is 13.2. The lowest BCUT2D eigenvalue weighted by atomic mass is 9.97. The second-order valence-electron chi connectivity index (χ2n) is 7.89. The summed E-state index contributed by atoms with van der Waals surface area (Å²) in [6, 6.07) is 0. The van der Waals surface area contributed by atoms with E-state index in [1.807, 2.05) is 12.4 Å². The summed E-state index contributed by atoms with van der Waals surface area (Å²) in [7, 11) is 2.13. The second kappa shape index (κ2) is 8.31. The van der Waals surface area contributed by atoms with Crippen molar-refractivity contribution >= 4 is 5.95 Å². The fourth-order valence-corrected chi connectivity index (χ4v) is 4.30. The van der Waals surface area contributed by atoms with E-state index in [-0.39, 0.29) is 0 Å². The highest BCUT2D eigenvalue weighted by Crippen LogP contribution is 2.27. The molecule has 0 spiro atoms. The van der Waals surface area contributed by atoms with Crippen molar-refractivity contribution in [1.29, 1.82) is 0 Å².